The number of hydrogen-bond acceptors (Lipinski definition) is 10. The highest BCUT2D eigenvalue weighted by atomic mass is 16.6. The molecule has 0 aliphatic carbocycles. The van der Waals surface area contributed by atoms with Gasteiger partial charge in [-0.05, 0) is 59.9 Å². The van der Waals surface area contributed by atoms with Gasteiger partial charge < -0.3 is 34.3 Å². The number of nitrogens with one attached hydrogen (secondary N) is 2. The van der Waals surface area contributed by atoms with Crippen molar-refractivity contribution in [3.8, 4) is 0 Å². The fourth-order valence-corrected chi connectivity index (χ4v) is 5.29. The molecular formula is C39H73N5O9. The number of ether oxygens (including phenoxy) is 5. The van der Waals surface area contributed by atoms with Gasteiger partial charge in [0, 0.05) is 30.8 Å². The third-order valence-electron chi connectivity index (χ3n) is 7.83. The van der Waals surface area contributed by atoms with Crippen LogP contribution in [-0.2, 0) is 42.9 Å². The van der Waals surface area contributed by atoms with Crippen molar-refractivity contribution in [3.05, 3.63) is 10.4 Å². The van der Waals surface area contributed by atoms with Gasteiger partial charge in [0.05, 0.1) is 46.1 Å². The van der Waals surface area contributed by atoms with Crippen LogP contribution < -0.4 is 10.6 Å². The fraction of sp³-hybridized carbons (Fsp3) is 0.897. The van der Waals surface area contributed by atoms with Gasteiger partial charge in [-0.15, -0.1) is 0 Å². The molecule has 14 heteroatoms. The normalized spacial score (nSPS) is 12.1. The third kappa shape index (κ3) is 37.2. The second-order valence-electron chi connectivity index (χ2n) is 15.4. The van der Waals surface area contributed by atoms with Crippen LogP contribution in [0.25, 0.3) is 10.4 Å². The van der Waals surface area contributed by atoms with Crippen molar-refractivity contribution in [3.63, 3.8) is 0 Å². The van der Waals surface area contributed by atoms with Crippen molar-refractivity contribution in [2.24, 2.45) is 5.11 Å². The number of hydrogen-bond donors (Lipinski definition) is 2. The maximum absolute atomic E-state index is 12.8. The second kappa shape index (κ2) is 32.5. The lowest BCUT2D eigenvalue weighted by atomic mass is 10.0. The van der Waals surface area contributed by atoms with Gasteiger partial charge in [-0.2, -0.15) is 0 Å². The summed E-state index contributed by atoms with van der Waals surface area (Å²) in [5.41, 5.74) is 7.05. The average Bonchev–Trinajstić information content (AvgIpc) is 3.06. The number of esters is 2. The van der Waals surface area contributed by atoms with E-state index in [1.54, 1.807) is 20.8 Å². The highest BCUT2D eigenvalue weighted by Crippen LogP contribution is 2.16. The Morgan fingerprint density at radius 3 is 1.49 bits per heavy atom. The first-order valence-corrected chi connectivity index (χ1v) is 20.0. The standard InChI is InChI=1S/C39H73N5O9/c1-38(2,3)52-36(47)23-21-19-17-15-13-11-9-7-8-10-12-14-16-18-20-22-34(45)43-33(37(48)53-39(4,5)6)32-35(46)41-24-26-49-28-30-51-31-29-50-27-25-42-44-40/h33H,7-32H2,1-6H3,(H,41,46)(H,43,45)/t33-/m0/s1. The van der Waals surface area contributed by atoms with Crippen molar-refractivity contribution in [1.29, 1.82) is 0 Å². The minimum Gasteiger partial charge on any atom is -0.460 e. The van der Waals surface area contributed by atoms with E-state index in [2.05, 4.69) is 20.7 Å². The van der Waals surface area contributed by atoms with E-state index in [4.69, 9.17) is 29.2 Å². The molecule has 0 aromatic heterocycles. The minimum atomic E-state index is -1.07. The SMILES string of the molecule is CC(C)(C)OC(=O)CCCCCCCCCCCCCCCCCC(=O)N[C@@H](CC(=O)NCCOCCOCCOCCN=[N+]=[N-])C(=O)OC(C)(C)C. The molecule has 0 aromatic rings. The number of azide groups is 1. The van der Waals surface area contributed by atoms with E-state index in [1.165, 1.54) is 57.8 Å². The molecule has 0 saturated carbocycles. The van der Waals surface area contributed by atoms with Crippen LogP contribution in [0.1, 0.15) is 157 Å². The van der Waals surface area contributed by atoms with Crippen LogP contribution in [0, 0.1) is 0 Å². The van der Waals surface area contributed by atoms with Crippen molar-refractivity contribution in [2.75, 3.05) is 52.7 Å². The van der Waals surface area contributed by atoms with Crippen LogP contribution in [0.5, 0.6) is 0 Å². The summed E-state index contributed by atoms with van der Waals surface area (Å²) in [6.07, 6.45) is 17.7. The molecule has 1 atom stereocenters. The van der Waals surface area contributed by atoms with Crippen LogP contribution in [0.4, 0.5) is 0 Å². The lowest BCUT2D eigenvalue weighted by Gasteiger charge is -2.24. The molecule has 0 unspecified atom stereocenters. The van der Waals surface area contributed by atoms with Gasteiger partial charge in [0.15, 0.2) is 0 Å². The van der Waals surface area contributed by atoms with Crippen LogP contribution in [0.3, 0.4) is 0 Å². The predicted molar refractivity (Wildman–Crippen MR) is 206 cm³/mol. The van der Waals surface area contributed by atoms with E-state index in [9.17, 15) is 19.2 Å². The first-order chi connectivity index (χ1) is 25.2. The monoisotopic (exact) mass is 756 g/mol. The number of carbonyl (C=O) groups excluding carboxylic acids is 4. The molecule has 0 heterocycles. The molecule has 0 rings (SSSR count). The van der Waals surface area contributed by atoms with E-state index in [-0.39, 0.29) is 43.9 Å². The van der Waals surface area contributed by atoms with Gasteiger partial charge in [0.2, 0.25) is 11.8 Å². The minimum absolute atomic E-state index is 0.0919. The smallest absolute Gasteiger partial charge is 0.329 e. The molecule has 53 heavy (non-hydrogen) atoms. The number of carbonyl (C=O) groups is 4. The Bertz CT molecular complexity index is 1020. The van der Waals surface area contributed by atoms with Gasteiger partial charge in [0.1, 0.15) is 17.2 Å². The Morgan fingerprint density at radius 1 is 0.585 bits per heavy atom. The Labute approximate surface area is 319 Å². The first kappa shape index (κ1) is 50.1. The molecule has 2 N–H and O–H groups in total. The lowest BCUT2D eigenvalue weighted by molar-refractivity contribution is -0.159. The topological polar surface area (TPSA) is 187 Å². The maximum Gasteiger partial charge on any atom is 0.329 e. The zero-order chi connectivity index (χ0) is 39.6. The lowest BCUT2D eigenvalue weighted by Crippen LogP contribution is -2.47. The van der Waals surface area contributed by atoms with Gasteiger partial charge >= 0.3 is 11.9 Å². The maximum atomic E-state index is 12.8. The van der Waals surface area contributed by atoms with E-state index < -0.39 is 23.2 Å². The van der Waals surface area contributed by atoms with Crippen LogP contribution in [-0.4, -0.2) is 93.7 Å². The number of unbranched alkanes of at least 4 members (excludes halogenated alkanes) is 14. The Balaban J connectivity index is 3.97. The number of amides is 2. The molecule has 0 aromatic carbocycles. The fourth-order valence-electron chi connectivity index (χ4n) is 5.29. The highest BCUT2D eigenvalue weighted by molar-refractivity contribution is 5.89. The van der Waals surface area contributed by atoms with E-state index >= 15 is 0 Å². The van der Waals surface area contributed by atoms with Gasteiger partial charge in [-0.3, -0.25) is 14.4 Å². The molecule has 0 bridgehead atoms. The van der Waals surface area contributed by atoms with Crippen LogP contribution in [0.15, 0.2) is 5.11 Å². The molecule has 0 radical (unpaired) electrons. The zero-order valence-corrected chi connectivity index (χ0v) is 34.0. The molecule has 0 aliphatic rings. The van der Waals surface area contributed by atoms with E-state index in [0.717, 1.165) is 38.5 Å². The molecular weight excluding hydrogens is 682 g/mol. The predicted octanol–water partition coefficient (Wildman–Crippen LogP) is 7.65. The summed E-state index contributed by atoms with van der Waals surface area (Å²) in [7, 11) is 0. The van der Waals surface area contributed by atoms with Crippen LogP contribution in [0.2, 0.25) is 0 Å². The quantitative estimate of drug-likeness (QED) is 0.0219. The summed E-state index contributed by atoms with van der Waals surface area (Å²) in [6, 6.07) is -1.07. The average molecular weight is 756 g/mol. The van der Waals surface area contributed by atoms with Gasteiger partial charge in [0.25, 0.3) is 0 Å². The van der Waals surface area contributed by atoms with Crippen molar-refractivity contribution in [1.82, 2.24) is 10.6 Å². The Morgan fingerprint density at radius 2 is 1.02 bits per heavy atom. The Kier molecular flexibility index (Phi) is 30.7. The molecule has 0 fully saturated rings. The molecule has 308 valence electrons. The third-order valence-corrected chi connectivity index (χ3v) is 7.83. The number of nitrogens with zero attached hydrogens (tertiary/aromatic N) is 3. The summed E-state index contributed by atoms with van der Waals surface area (Å²) >= 11 is 0. The Hall–Kier alpha value is -2.93. The second-order valence-corrected chi connectivity index (χ2v) is 15.4. The summed E-state index contributed by atoms with van der Waals surface area (Å²) in [5.74, 6) is -1.38. The largest absolute Gasteiger partial charge is 0.460 e. The zero-order valence-electron chi connectivity index (χ0n) is 34.0. The summed E-state index contributed by atoms with van der Waals surface area (Å²) in [5, 5.41) is 8.80. The van der Waals surface area contributed by atoms with E-state index in [0.29, 0.717) is 45.9 Å². The van der Waals surface area contributed by atoms with Crippen molar-refractivity contribution >= 4 is 23.8 Å². The summed E-state index contributed by atoms with van der Waals surface area (Å²) in [6.45, 7) is 13.6. The van der Waals surface area contributed by atoms with Gasteiger partial charge in [-0.1, -0.05) is 88.6 Å². The van der Waals surface area contributed by atoms with Crippen LogP contribution >= 0.6 is 0 Å². The molecule has 0 aliphatic heterocycles. The summed E-state index contributed by atoms with van der Waals surface area (Å²) in [4.78, 5) is 52.4. The van der Waals surface area contributed by atoms with Crippen molar-refractivity contribution in [2.45, 2.75) is 174 Å². The molecule has 0 spiro atoms. The summed E-state index contributed by atoms with van der Waals surface area (Å²) < 4.78 is 26.9. The number of rotatable bonds is 34. The molecule has 14 nitrogen and oxygen atoms in total. The molecule has 0 saturated heterocycles. The molecule has 2 amide bonds. The first-order valence-electron chi connectivity index (χ1n) is 20.0. The highest BCUT2D eigenvalue weighted by Gasteiger charge is 2.28. The van der Waals surface area contributed by atoms with Gasteiger partial charge in [-0.25, -0.2) is 4.79 Å². The van der Waals surface area contributed by atoms with Crippen molar-refractivity contribution < 1.29 is 42.9 Å². The van der Waals surface area contributed by atoms with E-state index in [1.807, 2.05) is 20.8 Å².